The number of carbonyl (C=O) groups excluding carboxylic acids is 2. The number of thioether (sulfide) groups is 1. The molecule has 0 N–H and O–H groups in total. The summed E-state index contributed by atoms with van der Waals surface area (Å²) < 4.78 is 5.43. The molecule has 0 spiro atoms. The highest BCUT2D eigenvalue weighted by atomic mass is 32.2. The van der Waals surface area contributed by atoms with E-state index in [1.807, 2.05) is 44.2 Å². The lowest BCUT2D eigenvalue weighted by molar-refractivity contribution is -0.123. The number of benzene rings is 1. The van der Waals surface area contributed by atoms with E-state index in [1.54, 1.807) is 12.1 Å². The first-order valence-corrected chi connectivity index (χ1v) is 7.72. The fourth-order valence-electron chi connectivity index (χ4n) is 2.25. The van der Waals surface area contributed by atoms with Crippen molar-refractivity contribution >= 4 is 29.0 Å². The molecule has 1 fully saturated rings. The van der Waals surface area contributed by atoms with Crippen molar-refractivity contribution < 1.29 is 14.0 Å². The fraction of sp³-hybridized carbons (Fsp3) is 0.176. The molecule has 0 unspecified atom stereocenters. The van der Waals surface area contributed by atoms with E-state index in [1.165, 1.54) is 4.90 Å². The molecule has 3 rings (SSSR count). The summed E-state index contributed by atoms with van der Waals surface area (Å²) in [5.74, 6) is 1.08. The number of amides is 2. The number of imide groups is 1. The van der Waals surface area contributed by atoms with E-state index in [0.29, 0.717) is 17.2 Å². The van der Waals surface area contributed by atoms with E-state index in [9.17, 15) is 9.59 Å². The topological polar surface area (TPSA) is 50.5 Å². The van der Waals surface area contributed by atoms with Gasteiger partial charge in [0.1, 0.15) is 11.5 Å². The summed E-state index contributed by atoms with van der Waals surface area (Å²) in [4.78, 5) is 26.2. The summed E-state index contributed by atoms with van der Waals surface area (Å²) >= 11 is 0.950. The van der Waals surface area contributed by atoms with E-state index in [0.717, 1.165) is 28.6 Å². The van der Waals surface area contributed by atoms with Crippen molar-refractivity contribution in [2.24, 2.45) is 0 Å². The summed E-state index contributed by atoms with van der Waals surface area (Å²) in [5, 5.41) is -0.247. The molecule has 112 valence electrons. The molecule has 2 aromatic rings. The van der Waals surface area contributed by atoms with E-state index in [4.69, 9.17) is 4.42 Å². The Kier molecular flexibility index (Phi) is 3.90. The van der Waals surface area contributed by atoms with Crippen LogP contribution in [0.3, 0.4) is 0 Å². The summed E-state index contributed by atoms with van der Waals surface area (Å²) in [6, 6.07) is 11.3. The Morgan fingerprint density at radius 3 is 2.59 bits per heavy atom. The predicted molar refractivity (Wildman–Crippen MR) is 86.1 cm³/mol. The van der Waals surface area contributed by atoms with Gasteiger partial charge < -0.3 is 4.42 Å². The Morgan fingerprint density at radius 1 is 1.14 bits per heavy atom. The van der Waals surface area contributed by atoms with Crippen molar-refractivity contribution in [3.63, 3.8) is 0 Å². The van der Waals surface area contributed by atoms with Crippen molar-refractivity contribution in [1.29, 1.82) is 0 Å². The normalized spacial score (nSPS) is 16.8. The van der Waals surface area contributed by atoms with Crippen LogP contribution in [0.25, 0.3) is 6.08 Å². The lowest BCUT2D eigenvalue weighted by Crippen LogP contribution is -2.27. The highest BCUT2D eigenvalue weighted by Gasteiger charge is 2.35. The van der Waals surface area contributed by atoms with Gasteiger partial charge in [0.15, 0.2) is 0 Å². The largest absolute Gasteiger partial charge is 0.462 e. The molecule has 1 aliphatic heterocycles. The van der Waals surface area contributed by atoms with E-state index in [-0.39, 0.29) is 11.1 Å². The molecule has 1 saturated heterocycles. The van der Waals surface area contributed by atoms with Gasteiger partial charge in [-0.15, -0.1) is 0 Å². The summed E-state index contributed by atoms with van der Waals surface area (Å²) in [5.41, 5.74) is 2.03. The van der Waals surface area contributed by atoms with Crippen LogP contribution in [0.2, 0.25) is 0 Å². The Morgan fingerprint density at radius 2 is 1.91 bits per heavy atom. The second-order valence-corrected chi connectivity index (χ2v) is 6.14. The van der Waals surface area contributed by atoms with Crippen molar-refractivity contribution in [3.8, 4) is 0 Å². The molecule has 2 heterocycles. The van der Waals surface area contributed by atoms with Crippen LogP contribution in [0.5, 0.6) is 0 Å². The van der Waals surface area contributed by atoms with Gasteiger partial charge in [-0.05, 0) is 48.9 Å². The molecular formula is C17H15NO3S. The first kappa shape index (κ1) is 14.7. The molecule has 22 heavy (non-hydrogen) atoms. The van der Waals surface area contributed by atoms with Gasteiger partial charge in [-0.3, -0.25) is 14.5 Å². The number of hydrogen-bond donors (Lipinski definition) is 0. The van der Waals surface area contributed by atoms with Gasteiger partial charge in [0.05, 0.1) is 11.4 Å². The molecular weight excluding hydrogens is 298 g/mol. The average Bonchev–Trinajstić information content (AvgIpc) is 3.00. The lowest BCUT2D eigenvalue weighted by Gasteiger charge is -2.14. The molecule has 0 radical (unpaired) electrons. The lowest BCUT2D eigenvalue weighted by atomic mass is 10.1. The van der Waals surface area contributed by atoms with Crippen LogP contribution < -0.4 is 0 Å². The van der Waals surface area contributed by atoms with Gasteiger partial charge in [0, 0.05) is 6.08 Å². The first-order chi connectivity index (χ1) is 10.5. The fourth-order valence-corrected chi connectivity index (χ4v) is 3.07. The van der Waals surface area contributed by atoms with E-state index < -0.39 is 0 Å². The number of furan rings is 1. The van der Waals surface area contributed by atoms with Crippen LogP contribution >= 0.6 is 11.8 Å². The standard InChI is InChI=1S/C17H15NO3S/c1-11-5-3-4-6-13(11)10-18-16(19)15(22-17(18)20)9-14-8-7-12(2)21-14/h3-9H,10H2,1-2H3/b15-9-. The molecule has 5 heteroatoms. The van der Waals surface area contributed by atoms with Gasteiger partial charge in [-0.1, -0.05) is 24.3 Å². The monoisotopic (exact) mass is 313 g/mol. The number of carbonyl (C=O) groups is 2. The van der Waals surface area contributed by atoms with E-state index >= 15 is 0 Å². The van der Waals surface area contributed by atoms with Gasteiger partial charge in [0.25, 0.3) is 11.1 Å². The first-order valence-electron chi connectivity index (χ1n) is 6.91. The van der Waals surface area contributed by atoms with Crippen LogP contribution in [-0.4, -0.2) is 16.0 Å². The minimum atomic E-state index is -0.271. The highest BCUT2D eigenvalue weighted by molar-refractivity contribution is 8.18. The second-order valence-electron chi connectivity index (χ2n) is 5.14. The van der Waals surface area contributed by atoms with Crippen molar-refractivity contribution in [2.75, 3.05) is 0 Å². The zero-order valence-corrected chi connectivity index (χ0v) is 13.1. The van der Waals surface area contributed by atoms with Crippen LogP contribution in [0, 0.1) is 13.8 Å². The Labute approximate surface area is 132 Å². The number of hydrogen-bond acceptors (Lipinski definition) is 4. The molecule has 0 aliphatic carbocycles. The molecule has 1 aliphatic rings. The second kappa shape index (κ2) is 5.85. The molecule has 4 nitrogen and oxygen atoms in total. The summed E-state index contributed by atoms with van der Waals surface area (Å²) in [6.07, 6.45) is 1.62. The van der Waals surface area contributed by atoms with Crippen LogP contribution in [-0.2, 0) is 11.3 Å². The minimum Gasteiger partial charge on any atom is -0.462 e. The molecule has 0 atom stereocenters. The predicted octanol–water partition coefficient (Wildman–Crippen LogP) is 4.13. The smallest absolute Gasteiger partial charge is 0.293 e. The highest BCUT2D eigenvalue weighted by Crippen LogP contribution is 2.33. The average molecular weight is 313 g/mol. The van der Waals surface area contributed by atoms with Crippen molar-refractivity contribution in [3.05, 3.63) is 64.0 Å². The maximum atomic E-state index is 12.4. The SMILES string of the molecule is Cc1ccc(/C=C2\SC(=O)N(Cc3ccccc3C)C2=O)o1. The zero-order valence-electron chi connectivity index (χ0n) is 12.3. The van der Waals surface area contributed by atoms with Gasteiger partial charge in [-0.2, -0.15) is 0 Å². The molecule has 0 bridgehead atoms. The van der Waals surface area contributed by atoms with Gasteiger partial charge in [-0.25, -0.2) is 0 Å². The number of rotatable bonds is 3. The molecule has 0 saturated carbocycles. The Bertz CT molecular complexity index is 776. The maximum Gasteiger partial charge on any atom is 0.293 e. The maximum absolute atomic E-state index is 12.4. The number of nitrogens with zero attached hydrogens (tertiary/aromatic N) is 1. The number of aryl methyl sites for hydroxylation is 2. The van der Waals surface area contributed by atoms with Crippen molar-refractivity contribution in [2.45, 2.75) is 20.4 Å². The Balaban J connectivity index is 1.83. The van der Waals surface area contributed by atoms with Gasteiger partial charge in [0.2, 0.25) is 0 Å². The third kappa shape index (κ3) is 2.85. The van der Waals surface area contributed by atoms with Crippen molar-refractivity contribution in [1.82, 2.24) is 4.90 Å². The summed E-state index contributed by atoms with van der Waals surface area (Å²) in [6.45, 7) is 4.10. The zero-order chi connectivity index (χ0) is 15.7. The quantitative estimate of drug-likeness (QED) is 0.799. The van der Waals surface area contributed by atoms with Crippen LogP contribution in [0.1, 0.15) is 22.6 Å². The third-order valence-corrected chi connectivity index (χ3v) is 4.41. The van der Waals surface area contributed by atoms with Crippen LogP contribution in [0.4, 0.5) is 4.79 Å². The van der Waals surface area contributed by atoms with Gasteiger partial charge >= 0.3 is 0 Å². The third-order valence-electron chi connectivity index (χ3n) is 3.50. The summed E-state index contributed by atoms with van der Waals surface area (Å²) in [7, 11) is 0. The molecule has 2 amide bonds. The van der Waals surface area contributed by atoms with E-state index in [2.05, 4.69) is 0 Å². The molecule has 1 aromatic heterocycles. The Hall–Kier alpha value is -2.27. The van der Waals surface area contributed by atoms with Crippen LogP contribution in [0.15, 0.2) is 45.7 Å². The minimum absolute atomic E-state index is 0.247. The molecule has 1 aromatic carbocycles.